The van der Waals surface area contributed by atoms with Gasteiger partial charge in [0.2, 0.25) is 0 Å². The molecule has 3 rings (SSSR count). The summed E-state index contributed by atoms with van der Waals surface area (Å²) in [5.41, 5.74) is 1.94. The van der Waals surface area contributed by atoms with Crippen LogP contribution in [-0.4, -0.2) is 37.5 Å². The van der Waals surface area contributed by atoms with Crippen molar-refractivity contribution in [3.8, 4) is 0 Å². The van der Waals surface area contributed by atoms with Crippen LogP contribution in [0.15, 0.2) is 22.2 Å². The molecule has 3 heterocycles. The molecule has 0 saturated carbocycles. The normalized spacial score (nSPS) is 14.5. The fraction of sp³-hybridized carbons (Fsp3) is 0.500. The maximum absolute atomic E-state index is 12.3. The lowest BCUT2D eigenvalue weighted by Gasteiger charge is -2.14. The third-order valence-electron chi connectivity index (χ3n) is 4.00. The van der Waals surface area contributed by atoms with Crippen LogP contribution in [-0.2, 0) is 13.1 Å². The second-order valence-corrected chi connectivity index (χ2v) is 7.25. The molecule has 0 bridgehead atoms. The highest BCUT2D eigenvalue weighted by molar-refractivity contribution is 7.99. The molecule has 8 heteroatoms. The standard InChI is InChI=1S/C16H21N5O2S/c1-10(9-21-12(3)6-11(2)19-21)7-17-14(22)13-8-18-16-20(15(13)23)4-5-24-16/h6,8,10H,4-5,7,9H2,1-3H3,(H,17,22). The minimum absolute atomic E-state index is 0.111. The number of carbonyl (C=O) groups is 1. The summed E-state index contributed by atoms with van der Waals surface area (Å²) in [7, 11) is 0. The van der Waals surface area contributed by atoms with Crippen LogP contribution in [0.3, 0.4) is 0 Å². The molecule has 0 aromatic carbocycles. The first-order chi connectivity index (χ1) is 11.5. The Hall–Kier alpha value is -2.09. The van der Waals surface area contributed by atoms with Crippen molar-refractivity contribution < 1.29 is 4.79 Å². The van der Waals surface area contributed by atoms with Crippen molar-refractivity contribution in [2.24, 2.45) is 5.92 Å². The zero-order chi connectivity index (χ0) is 17.3. The van der Waals surface area contributed by atoms with E-state index in [-0.39, 0.29) is 22.9 Å². The number of hydrogen-bond acceptors (Lipinski definition) is 5. The Kier molecular flexibility index (Phi) is 4.75. The van der Waals surface area contributed by atoms with E-state index >= 15 is 0 Å². The van der Waals surface area contributed by atoms with E-state index in [0.717, 1.165) is 23.7 Å². The molecule has 2 aromatic rings. The molecule has 1 N–H and O–H groups in total. The number of aryl methyl sites for hydroxylation is 2. The van der Waals surface area contributed by atoms with Gasteiger partial charge in [0.25, 0.3) is 11.5 Å². The number of fused-ring (bicyclic) bond motifs is 1. The van der Waals surface area contributed by atoms with Crippen LogP contribution in [0.5, 0.6) is 0 Å². The Morgan fingerprint density at radius 3 is 2.96 bits per heavy atom. The lowest BCUT2D eigenvalue weighted by atomic mass is 10.1. The third-order valence-corrected chi connectivity index (χ3v) is 4.97. The summed E-state index contributed by atoms with van der Waals surface area (Å²) in [6.07, 6.45) is 1.38. The maximum atomic E-state index is 12.3. The third kappa shape index (κ3) is 3.38. The Morgan fingerprint density at radius 2 is 2.25 bits per heavy atom. The summed E-state index contributed by atoms with van der Waals surface area (Å²) in [6.45, 7) is 7.83. The van der Waals surface area contributed by atoms with E-state index in [0.29, 0.717) is 18.2 Å². The Bertz CT molecular complexity index is 826. The van der Waals surface area contributed by atoms with Crippen LogP contribution < -0.4 is 10.9 Å². The van der Waals surface area contributed by atoms with Crippen molar-refractivity contribution in [1.82, 2.24) is 24.6 Å². The van der Waals surface area contributed by atoms with Gasteiger partial charge < -0.3 is 5.32 Å². The number of carbonyl (C=O) groups excluding carboxylic acids is 1. The topological polar surface area (TPSA) is 81.8 Å². The van der Waals surface area contributed by atoms with Gasteiger partial charge in [-0.05, 0) is 25.8 Å². The highest BCUT2D eigenvalue weighted by atomic mass is 32.2. The molecule has 1 aliphatic rings. The van der Waals surface area contributed by atoms with Crippen molar-refractivity contribution in [2.45, 2.75) is 39.0 Å². The molecular weight excluding hydrogens is 326 g/mol. The van der Waals surface area contributed by atoms with Gasteiger partial charge in [-0.25, -0.2) is 4.98 Å². The van der Waals surface area contributed by atoms with E-state index in [1.807, 2.05) is 31.5 Å². The van der Waals surface area contributed by atoms with E-state index in [1.54, 1.807) is 4.57 Å². The molecule has 24 heavy (non-hydrogen) atoms. The van der Waals surface area contributed by atoms with Gasteiger partial charge in [0, 0.05) is 37.3 Å². The Balaban J connectivity index is 1.61. The van der Waals surface area contributed by atoms with E-state index in [2.05, 4.69) is 15.4 Å². The molecule has 1 unspecified atom stereocenters. The molecular formula is C16H21N5O2S. The number of nitrogens with zero attached hydrogens (tertiary/aromatic N) is 4. The SMILES string of the molecule is Cc1cc(C)n(CC(C)CNC(=O)c2cnc3n(c2=O)CCS3)n1. The summed E-state index contributed by atoms with van der Waals surface area (Å²) in [4.78, 5) is 28.8. The quantitative estimate of drug-likeness (QED) is 0.823. The van der Waals surface area contributed by atoms with Crippen LogP contribution in [0, 0.1) is 19.8 Å². The molecule has 1 amide bonds. The van der Waals surface area contributed by atoms with E-state index in [9.17, 15) is 9.59 Å². The van der Waals surface area contributed by atoms with E-state index in [4.69, 9.17) is 0 Å². The van der Waals surface area contributed by atoms with Crippen LogP contribution in [0.1, 0.15) is 28.7 Å². The minimum Gasteiger partial charge on any atom is -0.351 e. The molecule has 2 aromatic heterocycles. The van der Waals surface area contributed by atoms with Gasteiger partial charge in [-0.15, -0.1) is 0 Å². The monoisotopic (exact) mass is 347 g/mol. The zero-order valence-electron chi connectivity index (χ0n) is 14.1. The molecule has 0 aliphatic carbocycles. The van der Waals surface area contributed by atoms with Gasteiger partial charge in [-0.3, -0.25) is 18.8 Å². The second-order valence-electron chi connectivity index (χ2n) is 6.18. The number of aromatic nitrogens is 4. The van der Waals surface area contributed by atoms with Gasteiger partial charge in [0.15, 0.2) is 5.16 Å². The Labute approximate surface area is 144 Å². The molecule has 0 radical (unpaired) electrons. The van der Waals surface area contributed by atoms with Crippen LogP contribution in [0.25, 0.3) is 0 Å². The van der Waals surface area contributed by atoms with Gasteiger partial charge >= 0.3 is 0 Å². The molecule has 0 fully saturated rings. The fourth-order valence-electron chi connectivity index (χ4n) is 2.75. The van der Waals surface area contributed by atoms with Gasteiger partial charge in [-0.1, -0.05) is 18.7 Å². The molecule has 0 spiro atoms. The molecule has 1 atom stereocenters. The highest BCUT2D eigenvalue weighted by Gasteiger charge is 2.20. The van der Waals surface area contributed by atoms with E-state index in [1.165, 1.54) is 18.0 Å². The van der Waals surface area contributed by atoms with Crippen molar-refractivity contribution in [1.29, 1.82) is 0 Å². The number of thioether (sulfide) groups is 1. The largest absolute Gasteiger partial charge is 0.351 e. The van der Waals surface area contributed by atoms with Crippen molar-refractivity contribution in [3.05, 3.63) is 39.6 Å². The molecule has 7 nitrogen and oxygen atoms in total. The second kappa shape index (κ2) is 6.80. The summed E-state index contributed by atoms with van der Waals surface area (Å²) in [6, 6.07) is 2.03. The van der Waals surface area contributed by atoms with E-state index < -0.39 is 0 Å². The molecule has 0 saturated heterocycles. The van der Waals surface area contributed by atoms with Crippen LogP contribution >= 0.6 is 11.8 Å². The smallest absolute Gasteiger partial charge is 0.267 e. The van der Waals surface area contributed by atoms with Crippen LogP contribution in [0.4, 0.5) is 0 Å². The predicted octanol–water partition coefficient (Wildman–Crippen LogP) is 1.23. The minimum atomic E-state index is -0.361. The Morgan fingerprint density at radius 1 is 1.46 bits per heavy atom. The number of amides is 1. The lowest BCUT2D eigenvalue weighted by molar-refractivity contribution is 0.0943. The first-order valence-corrected chi connectivity index (χ1v) is 8.96. The summed E-state index contributed by atoms with van der Waals surface area (Å²) >= 11 is 1.54. The average molecular weight is 347 g/mol. The number of nitrogens with one attached hydrogen (secondary N) is 1. The molecule has 1 aliphatic heterocycles. The fourth-order valence-corrected chi connectivity index (χ4v) is 3.67. The van der Waals surface area contributed by atoms with Crippen molar-refractivity contribution >= 4 is 17.7 Å². The highest BCUT2D eigenvalue weighted by Crippen LogP contribution is 2.20. The summed E-state index contributed by atoms with van der Waals surface area (Å²) in [5, 5.41) is 7.95. The van der Waals surface area contributed by atoms with Gasteiger partial charge in [0.1, 0.15) is 5.56 Å². The molecule has 128 valence electrons. The van der Waals surface area contributed by atoms with Crippen molar-refractivity contribution in [2.75, 3.05) is 12.3 Å². The average Bonchev–Trinajstić information content (AvgIpc) is 3.12. The number of rotatable bonds is 5. The number of hydrogen-bond donors (Lipinski definition) is 1. The van der Waals surface area contributed by atoms with Gasteiger partial charge in [-0.2, -0.15) is 5.10 Å². The first kappa shape index (κ1) is 16.8. The first-order valence-electron chi connectivity index (χ1n) is 7.97. The maximum Gasteiger partial charge on any atom is 0.267 e. The zero-order valence-corrected chi connectivity index (χ0v) is 14.9. The summed E-state index contributed by atoms with van der Waals surface area (Å²) < 4.78 is 3.51. The predicted molar refractivity (Wildman–Crippen MR) is 92.4 cm³/mol. The van der Waals surface area contributed by atoms with Crippen molar-refractivity contribution in [3.63, 3.8) is 0 Å². The van der Waals surface area contributed by atoms with Crippen LogP contribution in [0.2, 0.25) is 0 Å². The lowest BCUT2D eigenvalue weighted by Crippen LogP contribution is -2.36. The summed E-state index contributed by atoms with van der Waals surface area (Å²) in [5.74, 6) is 0.667. The van der Waals surface area contributed by atoms with Gasteiger partial charge in [0.05, 0.1) is 5.69 Å².